The minimum absolute atomic E-state index is 0.00526. The van der Waals surface area contributed by atoms with Crippen LogP contribution in [0.25, 0.3) is 0 Å². The Kier molecular flexibility index (Phi) is 5.90. The molecule has 0 radical (unpaired) electrons. The maximum Gasteiger partial charge on any atom is 0.248 e. The fraction of sp³-hybridized carbons (Fsp3) is 0.471. The summed E-state index contributed by atoms with van der Waals surface area (Å²) in [6.45, 7) is 3.12. The number of sulfonamides is 2. The van der Waals surface area contributed by atoms with E-state index in [-0.39, 0.29) is 53.2 Å². The highest BCUT2D eigenvalue weighted by molar-refractivity contribution is 7.89. The maximum atomic E-state index is 13.1. The first-order valence-corrected chi connectivity index (χ1v) is 11.7. The van der Waals surface area contributed by atoms with Crippen LogP contribution >= 0.6 is 0 Å². The number of methoxy groups -OCH3 is 2. The van der Waals surface area contributed by atoms with Crippen LogP contribution in [0, 0.1) is 13.8 Å². The maximum absolute atomic E-state index is 13.1. The van der Waals surface area contributed by atoms with Crippen LogP contribution in [-0.4, -0.2) is 71.0 Å². The third-order valence-electron chi connectivity index (χ3n) is 4.75. The van der Waals surface area contributed by atoms with Crippen molar-refractivity contribution in [1.29, 1.82) is 0 Å². The molecule has 1 saturated heterocycles. The van der Waals surface area contributed by atoms with Crippen molar-refractivity contribution < 1.29 is 30.8 Å². The predicted octanol–water partition coefficient (Wildman–Crippen LogP) is 1.00. The molecule has 0 aliphatic carbocycles. The van der Waals surface area contributed by atoms with Crippen LogP contribution in [0.3, 0.4) is 0 Å². The average molecular weight is 446 g/mol. The number of hydrogen-bond acceptors (Lipinski definition) is 8. The molecule has 0 atom stereocenters. The van der Waals surface area contributed by atoms with Gasteiger partial charge in [0.05, 0.1) is 14.2 Å². The second-order valence-electron chi connectivity index (χ2n) is 6.48. The molecule has 29 heavy (non-hydrogen) atoms. The van der Waals surface area contributed by atoms with Gasteiger partial charge >= 0.3 is 0 Å². The van der Waals surface area contributed by atoms with E-state index >= 15 is 0 Å². The van der Waals surface area contributed by atoms with Gasteiger partial charge in [0.2, 0.25) is 20.0 Å². The van der Waals surface area contributed by atoms with Crippen molar-refractivity contribution in [3.63, 3.8) is 0 Å². The number of benzene rings is 1. The molecule has 0 amide bonds. The second-order valence-corrected chi connectivity index (χ2v) is 10.3. The minimum atomic E-state index is -3.90. The third kappa shape index (κ3) is 3.84. The van der Waals surface area contributed by atoms with E-state index in [0.29, 0.717) is 5.75 Å². The number of ether oxygens (including phenoxy) is 2. The molecule has 3 rings (SSSR count). The van der Waals surface area contributed by atoms with E-state index in [0.717, 1.165) is 0 Å². The zero-order valence-corrected chi connectivity index (χ0v) is 18.2. The number of aromatic nitrogens is 1. The van der Waals surface area contributed by atoms with Gasteiger partial charge in [-0.1, -0.05) is 5.16 Å². The lowest BCUT2D eigenvalue weighted by molar-refractivity contribution is 0.271. The van der Waals surface area contributed by atoms with Crippen LogP contribution in [-0.2, 0) is 20.0 Å². The molecule has 0 saturated carbocycles. The predicted molar refractivity (Wildman–Crippen MR) is 103 cm³/mol. The molecule has 1 aromatic carbocycles. The van der Waals surface area contributed by atoms with Crippen LogP contribution < -0.4 is 9.47 Å². The highest BCUT2D eigenvalue weighted by atomic mass is 32.2. The molecule has 160 valence electrons. The molecule has 2 heterocycles. The van der Waals surface area contributed by atoms with Crippen LogP contribution in [0.4, 0.5) is 0 Å². The van der Waals surface area contributed by atoms with Crippen molar-refractivity contribution in [3.8, 4) is 11.5 Å². The molecule has 10 nitrogen and oxygen atoms in total. The SMILES string of the molecule is COc1ccc(OC)c(S(=O)(=O)N2CCN(S(=O)(=O)c3c(C)noc3C)CC2)c1. The van der Waals surface area contributed by atoms with Crippen molar-refractivity contribution in [2.24, 2.45) is 0 Å². The molecular formula is C17H23N3O7S2. The lowest BCUT2D eigenvalue weighted by Crippen LogP contribution is -2.50. The lowest BCUT2D eigenvalue weighted by Gasteiger charge is -2.33. The van der Waals surface area contributed by atoms with Crippen molar-refractivity contribution in [3.05, 3.63) is 29.7 Å². The van der Waals surface area contributed by atoms with Gasteiger partial charge in [-0.3, -0.25) is 0 Å². The fourth-order valence-corrected chi connectivity index (χ4v) is 6.55. The first-order chi connectivity index (χ1) is 13.6. The summed E-state index contributed by atoms with van der Waals surface area (Å²) in [4.78, 5) is 0.00431. The van der Waals surface area contributed by atoms with E-state index in [1.54, 1.807) is 13.0 Å². The molecule has 12 heteroatoms. The zero-order chi connectivity index (χ0) is 21.4. The molecular weight excluding hydrogens is 422 g/mol. The Bertz CT molecular complexity index is 1080. The topological polar surface area (TPSA) is 119 Å². The van der Waals surface area contributed by atoms with Crippen LogP contribution in [0.2, 0.25) is 0 Å². The summed E-state index contributed by atoms with van der Waals surface area (Å²) < 4.78 is 69.9. The minimum Gasteiger partial charge on any atom is -0.497 e. The standard InChI is InChI=1S/C17H23N3O7S2/c1-12-17(13(2)27-18-12)29(23,24)20-9-7-19(8-10-20)28(21,22)16-11-14(25-3)5-6-15(16)26-4/h5-6,11H,7-10H2,1-4H3. The van der Waals surface area contributed by atoms with E-state index in [1.165, 1.54) is 41.9 Å². The van der Waals surface area contributed by atoms with Crippen molar-refractivity contribution in [1.82, 2.24) is 13.8 Å². The van der Waals surface area contributed by atoms with Crippen LogP contribution in [0.15, 0.2) is 32.5 Å². The monoisotopic (exact) mass is 445 g/mol. The van der Waals surface area contributed by atoms with E-state index in [1.807, 2.05) is 0 Å². The average Bonchev–Trinajstić information content (AvgIpc) is 3.06. The molecule has 0 N–H and O–H groups in total. The Balaban J connectivity index is 1.84. The number of piperazine rings is 1. The number of nitrogens with zero attached hydrogens (tertiary/aromatic N) is 3. The Morgan fingerprint density at radius 2 is 1.52 bits per heavy atom. The van der Waals surface area contributed by atoms with E-state index in [9.17, 15) is 16.8 Å². The Labute approximate surface area is 170 Å². The summed E-state index contributed by atoms with van der Waals surface area (Å²) in [6.07, 6.45) is 0. The molecule has 1 aliphatic rings. The van der Waals surface area contributed by atoms with Crippen LogP contribution in [0.1, 0.15) is 11.5 Å². The Morgan fingerprint density at radius 1 is 0.931 bits per heavy atom. The van der Waals surface area contributed by atoms with Crippen LogP contribution in [0.5, 0.6) is 11.5 Å². The molecule has 0 spiro atoms. The van der Waals surface area contributed by atoms with Gasteiger partial charge in [0.25, 0.3) is 0 Å². The summed E-state index contributed by atoms with van der Waals surface area (Å²) in [5, 5.41) is 3.69. The van der Waals surface area contributed by atoms with Gasteiger partial charge in [0.15, 0.2) is 5.76 Å². The largest absolute Gasteiger partial charge is 0.497 e. The van der Waals surface area contributed by atoms with Crippen molar-refractivity contribution in [2.75, 3.05) is 40.4 Å². The van der Waals surface area contributed by atoms with Gasteiger partial charge in [-0.15, -0.1) is 0 Å². The number of aryl methyl sites for hydroxylation is 2. The molecule has 0 unspecified atom stereocenters. The second kappa shape index (κ2) is 7.94. The molecule has 1 aromatic heterocycles. The normalized spacial score (nSPS) is 16.7. The molecule has 1 aliphatic heterocycles. The summed E-state index contributed by atoms with van der Waals surface area (Å²) in [6, 6.07) is 4.51. The summed E-state index contributed by atoms with van der Waals surface area (Å²) in [7, 11) is -4.90. The van der Waals surface area contributed by atoms with Gasteiger partial charge in [-0.05, 0) is 26.0 Å². The zero-order valence-electron chi connectivity index (χ0n) is 16.6. The van der Waals surface area contributed by atoms with E-state index in [4.69, 9.17) is 14.0 Å². The van der Waals surface area contributed by atoms with Gasteiger partial charge in [-0.2, -0.15) is 8.61 Å². The molecule has 0 bridgehead atoms. The highest BCUT2D eigenvalue weighted by Gasteiger charge is 2.37. The Morgan fingerprint density at radius 3 is 2.00 bits per heavy atom. The fourth-order valence-electron chi connectivity index (χ4n) is 3.25. The highest BCUT2D eigenvalue weighted by Crippen LogP contribution is 2.32. The first-order valence-electron chi connectivity index (χ1n) is 8.78. The van der Waals surface area contributed by atoms with E-state index < -0.39 is 20.0 Å². The van der Waals surface area contributed by atoms with Crippen molar-refractivity contribution in [2.45, 2.75) is 23.6 Å². The smallest absolute Gasteiger partial charge is 0.248 e. The van der Waals surface area contributed by atoms with Gasteiger partial charge in [0.1, 0.15) is 27.0 Å². The first kappa shape index (κ1) is 21.6. The molecule has 1 fully saturated rings. The Hall–Kier alpha value is -2.15. The van der Waals surface area contributed by atoms with Gasteiger partial charge in [0, 0.05) is 32.2 Å². The summed E-state index contributed by atoms with van der Waals surface area (Å²) >= 11 is 0. The van der Waals surface area contributed by atoms with E-state index in [2.05, 4.69) is 5.16 Å². The third-order valence-corrected chi connectivity index (χ3v) is 8.82. The lowest BCUT2D eigenvalue weighted by atomic mass is 10.3. The summed E-state index contributed by atoms with van der Waals surface area (Å²) in [5.41, 5.74) is 0.277. The molecule has 2 aromatic rings. The van der Waals surface area contributed by atoms with Gasteiger partial charge < -0.3 is 14.0 Å². The number of rotatable bonds is 6. The quantitative estimate of drug-likeness (QED) is 0.646. The summed E-state index contributed by atoms with van der Waals surface area (Å²) in [5.74, 6) is 0.777. The van der Waals surface area contributed by atoms with Crippen molar-refractivity contribution >= 4 is 20.0 Å². The number of hydrogen-bond donors (Lipinski definition) is 0. The van der Waals surface area contributed by atoms with Gasteiger partial charge in [-0.25, -0.2) is 16.8 Å².